The van der Waals surface area contributed by atoms with Crippen molar-refractivity contribution in [2.24, 2.45) is 5.92 Å². The first-order valence-electron chi connectivity index (χ1n) is 10.4. The van der Waals surface area contributed by atoms with E-state index in [1.165, 1.54) is 49.2 Å². The lowest BCUT2D eigenvalue weighted by Crippen LogP contribution is -2.20. The van der Waals surface area contributed by atoms with Crippen LogP contribution in [0.2, 0.25) is 0 Å². The maximum atomic E-state index is 14.1. The van der Waals surface area contributed by atoms with E-state index < -0.39 is 17.8 Å². The number of unbranched alkanes of at least 4 members (excludes halogenated alkanes) is 1. The number of rotatable bonds is 10. The van der Waals surface area contributed by atoms with Crippen molar-refractivity contribution < 1.29 is 17.9 Å². The molecule has 160 valence electrons. The molecule has 3 nitrogen and oxygen atoms in total. The molecule has 0 spiro atoms. The molecule has 0 radical (unpaired) electrons. The first-order valence-corrected chi connectivity index (χ1v) is 11.3. The summed E-state index contributed by atoms with van der Waals surface area (Å²) >= 11 is 1.29. The fourth-order valence-corrected chi connectivity index (χ4v) is 4.49. The van der Waals surface area contributed by atoms with Crippen LogP contribution in [0.15, 0.2) is 23.6 Å². The van der Waals surface area contributed by atoms with Gasteiger partial charge in [-0.05, 0) is 56.8 Å². The largest absolute Gasteiger partial charge is 0.372 e. The fourth-order valence-electron chi connectivity index (χ4n) is 3.69. The van der Waals surface area contributed by atoms with Gasteiger partial charge in [0, 0.05) is 17.0 Å². The van der Waals surface area contributed by atoms with Crippen LogP contribution in [-0.4, -0.2) is 30.9 Å². The molecular weight excluding hydrogens is 397 g/mol. The van der Waals surface area contributed by atoms with Crippen LogP contribution in [0.25, 0.3) is 10.6 Å². The van der Waals surface area contributed by atoms with Crippen molar-refractivity contribution in [1.82, 2.24) is 10.3 Å². The molecular formula is C22H29F3N2OS. The van der Waals surface area contributed by atoms with Gasteiger partial charge in [-0.3, -0.25) is 0 Å². The van der Waals surface area contributed by atoms with E-state index in [9.17, 15) is 13.2 Å². The molecule has 2 atom stereocenters. The summed E-state index contributed by atoms with van der Waals surface area (Å²) in [6.07, 6.45) is 6.50. The average molecular weight is 427 g/mol. The topological polar surface area (TPSA) is 34.1 Å². The first kappa shape index (κ1) is 22.2. The van der Waals surface area contributed by atoms with E-state index in [-0.39, 0.29) is 13.2 Å². The monoisotopic (exact) mass is 426 g/mol. The van der Waals surface area contributed by atoms with Gasteiger partial charge >= 0.3 is 0 Å². The summed E-state index contributed by atoms with van der Waals surface area (Å²) < 4.78 is 46.2. The van der Waals surface area contributed by atoms with Crippen LogP contribution in [0.1, 0.15) is 50.6 Å². The normalized spacial score (nSPS) is 18.5. The van der Waals surface area contributed by atoms with Crippen molar-refractivity contribution in [3.05, 3.63) is 40.9 Å². The fraction of sp³-hybridized carbons (Fsp3) is 0.591. The summed E-state index contributed by atoms with van der Waals surface area (Å²) in [6.45, 7) is 2.47. The molecule has 0 saturated carbocycles. The Bertz CT molecular complexity index is 727. The van der Waals surface area contributed by atoms with Crippen LogP contribution in [0.5, 0.6) is 0 Å². The highest BCUT2D eigenvalue weighted by Gasteiger charge is 2.13. The number of halogens is 3. The summed E-state index contributed by atoms with van der Waals surface area (Å²) in [5.41, 5.74) is 1.04. The molecule has 7 heteroatoms. The third-order valence-corrected chi connectivity index (χ3v) is 6.18. The predicted octanol–water partition coefficient (Wildman–Crippen LogP) is 5.89. The minimum Gasteiger partial charge on any atom is -0.372 e. The Morgan fingerprint density at radius 3 is 2.83 bits per heavy atom. The van der Waals surface area contributed by atoms with Gasteiger partial charge < -0.3 is 10.1 Å². The standard InChI is InChI=1S/C22H29F3N2OS/c23-18(7-2-1-5-16-6-3-4-8-26-12-16)13-28-14-21-15-29-22(27-21)17-9-19(24)11-20(25)10-17/h9-11,15-16,18,26H,1-8,12-14H2/t16?,18-/m0/s1. The van der Waals surface area contributed by atoms with Crippen molar-refractivity contribution in [2.75, 3.05) is 19.7 Å². The summed E-state index contributed by atoms with van der Waals surface area (Å²) in [5.74, 6) is -0.538. The molecule has 2 heterocycles. The van der Waals surface area contributed by atoms with E-state index in [2.05, 4.69) is 10.3 Å². The van der Waals surface area contributed by atoms with Gasteiger partial charge in [-0.1, -0.05) is 19.3 Å². The molecule has 1 aromatic carbocycles. The SMILES string of the molecule is Fc1cc(F)cc(-c2nc(COC[C@@H](F)CCCCC3CCCCNC3)cs2)c1. The Morgan fingerprint density at radius 2 is 2.00 bits per heavy atom. The van der Waals surface area contributed by atoms with Crippen LogP contribution >= 0.6 is 11.3 Å². The van der Waals surface area contributed by atoms with Crippen LogP contribution < -0.4 is 5.32 Å². The molecule has 29 heavy (non-hydrogen) atoms. The zero-order chi connectivity index (χ0) is 20.5. The molecule has 1 fully saturated rings. The highest BCUT2D eigenvalue weighted by atomic mass is 32.1. The molecule has 1 aliphatic rings. The highest BCUT2D eigenvalue weighted by Crippen LogP contribution is 2.26. The molecule has 0 aliphatic carbocycles. The van der Waals surface area contributed by atoms with Crippen molar-refractivity contribution in [2.45, 2.75) is 57.7 Å². The Balaban J connectivity index is 1.32. The zero-order valence-electron chi connectivity index (χ0n) is 16.6. The smallest absolute Gasteiger partial charge is 0.126 e. The third kappa shape index (κ3) is 7.72. The van der Waals surface area contributed by atoms with Gasteiger partial charge in [0.15, 0.2) is 0 Å². The van der Waals surface area contributed by atoms with Gasteiger partial charge in [0.05, 0.1) is 18.9 Å². The Kier molecular flexibility index (Phi) is 8.95. The quantitative estimate of drug-likeness (QED) is 0.481. The number of aromatic nitrogens is 1. The van der Waals surface area contributed by atoms with Gasteiger partial charge in [-0.2, -0.15) is 0 Å². The second kappa shape index (κ2) is 11.7. The van der Waals surface area contributed by atoms with Gasteiger partial charge in [-0.25, -0.2) is 18.2 Å². The van der Waals surface area contributed by atoms with Crippen molar-refractivity contribution >= 4 is 11.3 Å². The van der Waals surface area contributed by atoms with E-state index in [1.54, 1.807) is 5.38 Å². The van der Waals surface area contributed by atoms with Crippen molar-refractivity contribution in [3.63, 3.8) is 0 Å². The van der Waals surface area contributed by atoms with Gasteiger partial charge in [-0.15, -0.1) is 11.3 Å². The number of nitrogens with zero attached hydrogens (tertiary/aromatic N) is 1. The van der Waals surface area contributed by atoms with Crippen molar-refractivity contribution in [3.8, 4) is 10.6 Å². The molecule has 2 aromatic rings. The average Bonchev–Trinajstić information content (AvgIpc) is 3.00. The van der Waals surface area contributed by atoms with E-state index in [4.69, 9.17) is 4.74 Å². The maximum absolute atomic E-state index is 14.1. The number of alkyl halides is 1. The molecule has 1 aromatic heterocycles. The van der Waals surface area contributed by atoms with Gasteiger partial charge in [0.25, 0.3) is 0 Å². The third-order valence-electron chi connectivity index (χ3n) is 5.24. The summed E-state index contributed by atoms with van der Waals surface area (Å²) in [5, 5.41) is 5.76. The number of nitrogens with one attached hydrogen (secondary N) is 1. The first-order chi connectivity index (χ1) is 14.1. The lowest BCUT2D eigenvalue weighted by molar-refractivity contribution is 0.0639. The highest BCUT2D eigenvalue weighted by molar-refractivity contribution is 7.13. The molecule has 3 rings (SSSR count). The predicted molar refractivity (Wildman–Crippen MR) is 111 cm³/mol. The second-order valence-electron chi connectivity index (χ2n) is 7.76. The molecule has 1 aliphatic heterocycles. The van der Waals surface area contributed by atoms with Crippen LogP contribution in [0.4, 0.5) is 13.2 Å². The summed E-state index contributed by atoms with van der Waals surface area (Å²) in [6, 6.07) is 3.32. The number of hydrogen-bond donors (Lipinski definition) is 1. The van der Waals surface area contributed by atoms with E-state index in [0.717, 1.165) is 37.9 Å². The minimum absolute atomic E-state index is 0.0481. The van der Waals surface area contributed by atoms with E-state index in [1.807, 2.05) is 0 Å². The van der Waals surface area contributed by atoms with E-state index in [0.29, 0.717) is 22.7 Å². The second-order valence-corrected chi connectivity index (χ2v) is 8.62. The van der Waals surface area contributed by atoms with Crippen molar-refractivity contribution in [1.29, 1.82) is 0 Å². The lowest BCUT2D eigenvalue weighted by Gasteiger charge is -2.14. The number of benzene rings is 1. The van der Waals surface area contributed by atoms with Crippen LogP contribution in [0.3, 0.4) is 0 Å². The molecule has 0 amide bonds. The Labute approximate surface area is 174 Å². The molecule has 1 unspecified atom stereocenters. The Hall–Kier alpha value is -1.44. The number of thiazole rings is 1. The maximum Gasteiger partial charge on any atom is 0.126 e. The van der Waals surface area contributed by atoms with Gasteiger partial charge in [0.1, 0.15) is 22.8 Å². The van der Waals surface area contributed by atoms with E-state index >= 15 is 0 Å². The molecule has 0 bridgehead atoms. The molecule has 1 saturated heterocycles. The number of hydrogen-bond acceptors (Lipinski definition) is 4. The summed E-state index contributed by atoms with van der Waals surface area (Å²) in [4.78, 5) is 4.33. The zero-order valence-corrected chi connectivity index (χ0v) is 17.5. The van der Waals surface area contributed by atoms with Crippen LogP contribution in [0, 0.1) is 17.6 Å². The lowest BCUT2D eigenvalue weighted by atomic mass is 9.96. The van der Waals surface area contributed by atoms with Crippen LogP contribution in [-0.2, 0) is 11.3 Å². The molecule has 1 N–H and O–H groups in total. The van der Waals surface area contributed by atoms with Gasteiger partial charge in [0.2, 0.25) is 0 Å². The summed E-state index contributed by atoms with van der Waals surface area (Å²) in [7, 11) is 0. The minimum atomic E-state index is -0.974. The Morgan fingerprint density at radius 1 is 1.17 bits per heavy atom. The number of ether oxygens (including phenoxy) is 1.